The van der Waals surface area contributed by atoms with E-state index in [4.69, 9.17) is 0 Å². The monoisotopic (exact) mass is 290 g/mol. The number of thiazole rings is 1. The smallest absolute Gasteiger partial charge is 0.163 e. The summed E-state index contributed by atoms with van der Waals surface area (Å²) < 4.78 is 27.7. The molecule has 0 unspecified atom stereocenters. The number of rotatable bonds is 3. The first-order valence-corrected chi connectivity index (χ1v) is 6.99. The van der Waals surface area contributed by atoms with Crippen molar-refractivity contribution in [3.63, 3.8) is 0 Å². The van der Waals surface area contributed by atoms with Crippen LogP contribution < -0.4 is 5.32 Å². The summed E-state index contributed by atoms with van der Waals surface area (Å²) in [5, 5.41) is 4.11. The summed E-state index contributed by atoms with van der Waals surface area (Å²) in [4.78, 5) is 4.38. The minimum Gasteiger partial charge on any atom is -0.381 e. The zero-order chi connectivity index (χ0) is 14.1. The van der Waals surface area contributed by atoms with Crippen molar-refractivity contribution in [2.75, 3.05) is 5.32 Å². The molecule has 0 bridgehead atoms. The largest absolute Gasteiger partial charge is 0.381 e. The summed E-state index contributed by atoms with van der Waals surface area (Å²) in [5.74, 6) is -1.62. The number of nitrogens with one attached hydrogen (secondary N) is 1. The second-order valence-electron chi connectivity index (χ2n) is 4.48. The highest BCUT2D eigenvalue weighted by Crippen LogP contribution is 2.25. The maximum atomic E-state index is 13.5. The van der Waals surface area contributed by atoms with Gasteiger partial charge in [-0.1, -0.05) is 12.1 Å². The molecule has 0 saturated carbocycles. The lowest BCUT2D eigenvalue weighted by Crippen LogP contribution is -2.03. The number of hydrogen-bond donors (Lipinski definition) is 1. The molecule has 102 valence electrons. The zero-order valence-corrected chi connectivity index (χ0v) is 11.6. The van der Waals surface area contributed by atoms with Crippen LogP contribution in [-0.2, 0) is 6.54 Å². The van der Waals surface area contributed by atoms with Gasteiger partial charge in [-0.2, -0.15) is 0 Å². The standard InChI is InChI=1S/C15H12F2N2S/c1-9-19-13-6-5-11(7-14(13)20-9)18-8-10-3-2-4-12(16)15(10)17/h2-7,18H,8H2,1H3. The Bertz CT molecular complexity index is 768. The first kappa shape index (κ1) is 13.0. The zero-order valence-electron chi connectivity index (χ0n) is 10.8. The molecule has 0 aliphatic rings. The van der Waals surface area contributed by atoms with E-state index in [1.165, 1.54) is 6.07 Å². The third-order valence-electron chi connectivity index (χ3n) is 3.01. The van der Waals surface area contributed by atoms with Crippen LogP contribution in [0.3, 0.4) is 0 Å². The highest BCUT2D eigenvalue weighted by Gasteiger charge is 2.07. The fraction of sp³-hybridized carbons (Fsp3) is 0.133. The van der Waals surface area contributed by atoms with Crippen LogP contribution in [0.25, 0.3) is 10.2 Å². The molecular weight excluding hydrogens is 278 g/mol. The summed E-state index contributed by atoms with van der Waals surface area (Å²) in [6, 6.07) is 9.97. The van der Waals surface area contributed by atoms with E-state index in [2.05, 4.69) is 10.3 Å². The molecule has 2 nitrogen and oxygen atoms in total. The fourth-order valence-corrected chi connectivity index (χ4v) is 2.90. The molecular formula is C15H12F2N2S. The van der Waals surface area contributed by atoms with Crippen LogP contribution in [0.2, 0.25) is 0 Å². The summed E-state index contributed by atoms with van der Waals surface area (Å²) in [6.07, 6.45) is 0. The molecule has 3 rings (SSSR count). The van der Waals surface area contributed by atoms with Crippen LogP contribution in [0.5, 0.6) is 0 Å². The number of anilines is 1. The van der Waals surface area contributed by atoms with Crippen LogP contribution in [-0.4, -0.2) is 4.98 Å². The highest BCUT2D eigenvalue weighted by molar-refractivity contribution is 7.18. The lowest BCUT2D eigenvalue weighted by molar-refractivity contribution is 0.500. The van der Waals surface area contributed by atoms with E-state index < -0.39 is 11.6 Å². The number of aryl methyl sites for hydroxylation is 1. The number of hydrogen-bond acceptors (Lipinski definition) is 3. The summed E-state index contributed by atoms with van der Waals surface area (Å²) in [6.45, 7) is 2.20. The highest BCUT2D eigenvalue weighted by atomic mass is 32.1. The Balaban J connectivity index is 1.81. The molecule has 0 spiro atoms. The first-order valence-electron chi connectivity index (χ1n) is 6.17. The summed E-state index contributed by atoms with van der Waals surface area (Å²) in [7, 11) is 0. The van der Waals surface area contributed by atoms with Crippen LogP contribution >= 0.6 is 11.3 Å². The van der Waals surface area contributed by atoms with Gasteiger partial charge in [0.05, 0.1) is 15.2 Å². The predicted octanol–water partition coefficient (Wildman–Crippen LogP) is 4.50. The van der Waals surface area contributed by atoms with Crippen molar-refractivity contribution in [2.24, 2.45) is 0 Å². The van der Waals surface area contributed by atoms with Gasteiger partial charge in [-0.25, -0.2) is 13.8 Å². The second-order valence-corrected chi connectivity index (χ2v) is 5.72. The number of fused-ring (bicyclic) bond motifs is 1. The molecule has 0 aliphatic carbocycles. The molecule has 1 N–H and O–H groups in total. The Morgan fingerprint density at radius 2 is 2.05 bits per heavy atom. The summed E-state index contributed by atoms with van der Waals surface area (Å²) in [5.41, 5.74) is 2.13. The topological polar surface area (TPSA) is 24.9 Å². The van der Waals surface area contributed by atoms with E-state index in [1.54, 1.807) is 17.4 Å². The van der Waals surface area contributed by atoms with E-state index in [9.17, 15) is 8.78 Å². The third-order valence-corrected chi connectivity index (χ3v) is 3.94. The Labute approximate surface area is 119 Å². The minimum atomic E-state index is -0.821. The van der Waals surface area contributed by atoms with Crippen molar-refractivity contribution in [1.29, 1.82) is 0 Å². The number of aromatic nitrogens is 1. The van der Waals surface area contributed by atoms with Crippen LogP contribution in [0.1, 0.15) is 10.6 Å². The Hall–Kier alpha value is -2.01. The van der Waals surface area contributed by atoms with E-state index in [0.29, 0.717) is 5.56 Å². The maximum absolute atomic E-state index is 13.5. The van der Waals surface area contributed by atoms with Crippen LogP contribution in [0.4, 0.5) is 14.5 Å². The average Bonchev–Trinajstić information content (AvgIpc) is 2.79. The molecule has 0 radical (unpaired) electrons. The van der Waals surface area contributed by atoms with Gasteiger partial charge in [-0.3, -0.25) is 0 Å². The maximum Gasteiger partial charge on any atom is 0.163 e. The van der Waals surface area contributed by atoms with E-state index in [1.807, 2.05) is 25.1 Å². The van der Waals surface area contributed by atoms with Crippen LogP contribution in [0, 0.1) is 18.6 Å². The molecule has 1 heterocycles. The van der Waals surface area contributed by atoms with Gasteiger partial charge in [-0.05, 0) is 31.2 Å². The lowest BCUT2D eigenvalue weighted by Gasteiger charge is -2.07. The number of nitrogens with zero attached hydrogens (tertiary/aromatic N) is 1. The molecule has 3 aromatic rings. The Morgan fingerprint density at radius 1 is 1.20 bits per heavy atom. The average molecular weight is 290 g/mol. The van der Waals surface area contributed by atoms with Gasteiger partial charge in [0.25, 0.3) is 0 Å². The van der Waals surface area contributed by atoms with Crippen molar-refractivity contribution >= 4 is 27.2 Å². The molecule has 0 atom stereocenters. The van der Waals surface area contributed by atoms with Gasteiger partial charge in [-0.15, -0.1) is 11.3 Å². The van der Waals surface area contributed by atoms with Gasteiger partial charge in [0.15, 0.2) is 11.6 Å². The molecule has 1 aromatic heterocycles. The van der Waals surface area contributed by atoms with Crippen molar-refractivity contribution < 1.29 is 8.78 Å². The van der Waals surface area contributed by atoms with Crippen molar-refractivity contribution in [3.8, 4) is 0 Å². The fourth-order valence-electron chi connectivity index (χ4n) is 2.03. The third kappa shape index (κ3) is 2.49. The molecule has 0 saturated heterocycles. The number of halogens is 2. The Morgan fingerprint density at radius 3 is 2.90 bits per heavy atom. The van der Waals surface area contributed by atoms with Gasteiger partial charge in [0, 0.05) is 17.8 Å². The van der Waals surface area contributed by atoms with Crippen molar-refractivity contribution in [1.82, 2.24) is 4.98 Å². The van der Waals surface area contributed by atoms with E-state index in [0.717, 1.165) is 27.0 Å². The second kappa shape index (κ2) is 5.17. The van der Waals surface area contributed by atoms with Crippen molar-refractivity contribution in [2.45, 2.75) is 13.5 Å². The molecule has 5 heteroatoms. The van der Waals surface area contributed by atoms with Gasteiger partial charge < -0.3 is 5.32 Å². The quantitative estimate of drug-likeness (QED) is 0.768. The van der Waals surface area contributed by atoms with Gasteiger partial charge in [0.2, 0.25) is 0 Å². The molecule has 0 amide bonds. The SMILES string of the molecule is Cc1nc2ccc(NCc3cccc(F)c3F)cc2s1. The minimum absolute atomic E-state index is 0.243. The molecule has 0 aliphatic heterocycles. The summed E-state index contributed by atoms with van der Waals surface area (Å²) >= 11 is 1.61. The lowest BCUT2D eigenvalue weighted by atomic mass is 10.2. The predicted molar refractivity (Wildman–Crippen MR) is 78.0 cm³/mol. The van der Waals surface area contributed by atoms with Crippen LogP contribution in [0.15, 0.2) is 36.4 Å². The number of benzene rings is 2. The van der Waals surface area contributed by atoms with E-state index >= 15 is 0 Å². The molecule has 20 heavy (non-hydrogen) atoms. The van der Waals surface area contributed by atoms with Gasteiger partial charge >= 0.3 is 0 Å². The van der Waals surface area contributed by atoms with E-state index in [-0.39, 0.29) is 6.54 Å². The Kier molecular flexibility index (Phi) is 3.36. The first-order chi connectivity index (χ1) is 9.63. The van der Waals surface area contributed by atoms with Gasteiger partial charge in [0.1, 0.15) is 0 Å². The molecule has 0 fully saturated rings. The normalized spacial score (nSPS) is 10.9. The molecule has 2 aromatic carbocycles. The van der Waals surface area contributed by atoms with Crippen molar-refractivity contribution in [3.05, 3.63) is 58.6 Å².